The van der Waals surface area contributed by atoms with Gasteiger partial charge in [-0.3, -0.25) is 9.78 Å². The molecule has 0 fully saturated rings. The number of rotatable bonds is 4. The standard InChI is InChI=1S/C11H10F5NO3/c1-2-20-7(18)3-6-9(19)8(11(14,15)16)5(4-17-6)10(12)13/h4,10,19H,2-3H2,1H3. The summed E-state index contributed by atoms with van der Waals surface area (Å²) in [6, 6.07) is 0. The molecule has 1 N–H and O–H groups in total. The van der Waals surface area contributed by atoms with E-state index in [4.69, 9.17) is 0 Å². The van der Waals surface area contributed by atoms with Crippen molar-refractivity contribution in [2.75, 3.05) is 6.61 Å². The van der Waals surface area contributed by atoms with E-state index in [0.29, 0.717) is 6.20 Å². The molecule has 0 atom stereocenters. The van der Waals surface area contributed by atoms with Gasteiger partial charge in [0.2, 0.25) is 0 Å². The van der Waals surface area contributed by atoms with Crippen LogP contribution in [0.15, 0.2) is 6.20 Å². The van der Waals surface area contributed by atoms with Crippen LogP contribution in [0.1, 0.15) is 30.2 Å². The zero-order valence-corrected chi connectivity index (χ0v) is 10.2. The summed E-state index contributed by atoms with van der Waals surface area (Å²) in [4.78, 5) is 14.4. The topological polar surface area (TPSA) is 59.4 Å². The molecule has 9 heteroatoms. The van der Waals surface area contributed by atoms with Crippen LogP contribution in [0.2, 0.25) is 0 Å². The first-order valence-corrected chi connectivity index (χ1v) is 5.40. The van der Waals surface area contributed by atoms with Crippen molar-refractivity contribution in [1.29, 1.82) is 0 Å². The smallest absolute Gasteiger partial charge is 0.420 e. The van der Waals surface area contributed by atoms with Crippen LogP contribution in [0.25, 0.3) is 0 Å². The Hall–Kier alpha value is -1.93. The van der Waals surface area contributed by atoms with Crippen LogP contribution in [0.4, 0.5) is 22.0 Å². The molecule has 0 aliphatic heterocycles. The Morgan fingerprint density at radius 3 is 2.50 bits per heavy atom. The third-order valence-electron chi connectivity index (χ3n) is 2.29. The molecule has 0 unspecified atom stereocenters. The molecule has 0 radical (unpaired) electrons. The van der Waals surface area contributed by atoms with Gasteiger partial charge in [0.15, 0.2) is 0 Å². The van der Waals surface area contributed by atoms with Gasteiger partial charge in [-0.15, -0.1) is 0 Å². The van der Waals surface area contributed by atoms with E-state index in [0.717, 1.165) is 0 Å². The van der Waals surface area contributed by atoms with Crippen molar-refractivity contribution in [3.05, 3.63) is 23.0 Å². The minimum absolute atomic E-state index is 0.0131. The zero-order valence-electron chi connectivity index (χ0n) is 10.2. The highest BCUT2D eigenvalue weighted by Crippen LogP contribution is 2.42. The van der Waals surface area contributed by atoms with Crippen molar-refractivity contribution in [1.82, 2.24) is 4.98 Å². The van der Waals surface area contributed by atoms with Crippen molar-refractivity contribution in [2.24, 2.45) is 0 Å². The number of pyridine rings is 1. The summed E-state index contributed by atoms with van der Waals surface area (Å²) < 4.78 is 67.6. The van der Waals surface area contributed by atoms with Crippen LogP contribution in [-0.4, -0.2) is 22.7 Å². The molecular weight excluding hydrogens is 289 g/mol. The van der Waals surface area contributed by atoms with Crippen LogP contribution in [0, 0.1) is 0 Å². The number of esters is 1. The van der Waals surface area contributed by atoms with E-state index in [1.54, 1.807) is 0 Å². The van der Waals surface area contributed by atoms with Crippen LogP contribution in [0.3, 0.4) is 0 Å². The molecule has 0 aromatic carbocycles. The molecule has 0 aliphatic carbocycles. The predicted octanol–water partition coefficient (Wildman–Crippen LogP) is 2.85. The lowest BCUT2D eigenvalue weighted by molar-refractivity contribution is -0.143. The molecule has 0 spiro atoms. The molecule has 0 bridgehead atoms. The first kappa shape index (κ1) is 16.1. The fraction of sp³-hybridized carbons (Fsp3) is 0.455. The maximum atomic E-state index is 12.7. The Morgan fingerprint density at radius 2 is 2.05 bits per heavy atom. The lowest BCUT2D eigenvalue weighted by atomic mass is 10.1. The van der Waals surface area contributed by atoms with Gasteiger partial charge in [0.1, 0.15) is 11.3 Å². The fourth-order valence-electron chi connectivity index (χ4n) is 1.50. The summed E-state index contributed by atoms with van der Waals surface area (Å²) in [6.45, 7) is 1.47. The molecule has 0 amide bonds. The highest BCUT2D eigenvalue weighted by atomic mass is 19.4. The third kappa shape index (κ3) is 3.55. The van der Waals surface area contributed by atoms with E-state index in [2.05, 4.69) is 9.72 Å². The first-order chi connectivity index (χ1) is 9.18. The minimum atomic E-state index is -5.19. The van der Waals surface area contributed by atoms with Gasteiger partial charge in [-0.1, -0.05) is 0 Å². The summed E-state index contributed by atoms with van der Waals surface area (Å²) in [5, 5.41) is 9.45. The van der Waals surface area contributed by atoms with Gasteiger partial charge in [0.05, 0.1) is 24.3 Å². The average molecular weight is 299 g/mol. The van der Waals surface area contributed by atoms with E-state index in [9.17, 15) is 31.9 Å². The number of alkyl halides is 5. The number of hydrogen-bond acceptors (Lipinski definition) is 4. The van der Waals surface area contributed by atoms with E-state index in [-0.39, 0.29) is 6.61 Å². The summed E-state index contributed by atoms with van der Waals surface area (Å²) >= 11 is 0. The fourth-order valence-corrected chi connectivity index (χ4v) is 1.50. The molecule has 0 saturated carbocycles. The van der Waals surface area contributed by atoms with Crippen molar-refractivity contribution in [3.63, 3.8) is 0 Å². The van der Waals surface area contributed by atoms with Crippen molar-refractivity contribution in [2.45, 2.75) is 25.9 Å². The Labute approximate surface area is 110 Å². The van der Waals surface area contributed by atoms with Crippen molar-refractivity contribution < 1.29 is 36.6 Å². The van der Waals surface area contributed by atoms with E-state index < -0.39 is 47.6 Å². The van der Waals surface area contributed by atoms with Crippen molar-refractivity contribution >= 4 is 5.97 Å². The molecule has 0 aliphatic rings. The number of aromatic nitrogens is 1. The zero-order chi connectivity index (χ0) is 15.5. The SMILES string of the molecule is CCOC(=O)Cc1ncc(C(F)F)c(C(F)(F)F)c1O. The monoisotopic (exact) mass is 299 g/mol. The highest BCUT2D eigenvalue weighted by Gasteiger charge is 2.40. The first-order valence-electron chi connectivity index (χ1n) is 5.40. The van der Waals surface area contributed by atoms with Crippen LogP contribution in [0.5, 0.6) is 5.75 Å². The summed E-state index contributed by atoms with van der Waals surface area (Å²) in [6.07, 6.45) is -9.10. The number of carbonyl (C=O) groups is 1. The number of hydrogen-bond donors (Lipinski definition) is 1. The quantitative estimate of drug-likeness (QED) is 0.686. The van der Waals surface area contributed by atoms with Crippen LogP contribution < -0.4 is 0 Å². The van der Waals surface area contributed by atoms with Gasteiger partial charge in [0.25, 0.3) is 6.43 Å². The molecule has 4 nitrogen and oxygen atoms in total. The normalized spacial score (nSPS) is 11.8. The van der Waals surface area contributed by atoms with E-state index in [1.807, 2.05) is 0 Å². The number of nitrogens with zero attached hydrogens (tertiary/aromatic N) is 1. The largest absolute Gasteiger partial charge is 0.505 e. The van der Waals surface area contributed by atoms with Gasteiger partial charge < -0.3 is 9.84 Å². The van der Waals surface area contributed by atoms with Gasteiger partial charge >= 0.3 is 12.1 Å². The van der Waals surface area contributed by atoms with Gasteiger partial charge in [-0.05, 0) is 6.92 Å². The second-order valence-electron chi connectivity index (χ2n) is 3.66. The maximum Gasteiger partial charge on any atom is 0.420 e. The maximum absolute atomic E-state index is 12.7. The van der Waals surface area contributed by atoms with Gasteiger partial charge in [0, 0.05) is 6.20 Å². The number of aromatic hydroxyl groups is 1. The summed E-state index contributed by atoms with van der Waals surface area (Å²) in [5.74, 6) is -2.41. The number of ether oxygens (including phenoxy) is 1. The lowest BCUT2D eigenvalue weighted by Gasteiger charge is -2.15. The van der Waals surface area contributed by atoms with Crippen LogP contribution in [-0.2, 0) is 22.1 Å². The Bertz CT molecular complexity index is 502. The molecule has 1 aromatic heterocycles. The van der Waals surface area contributed by atoms with E-state index in [1.165, 1.54) is 6.92 Å². The Morgan fingerprint density at radius 1 is 1.45 bits per heavy atom. The Balaban J connectivity index is 3.28. The van der Waals surface area contributed by atoms with Gasteiger partial charge in [-0.25, -0.2) is 8.78 Å². The second-order valence-corrected chi connectivity index (χ2v) is 3.66. The summed E-state index contributed by atoms with van der Waals surface area (Å²) in [7, 11) is 0. The van der Waals surface area contributed by atoms with Crippen molar-refractivity contribution in [3.8, 4) is 5.75 Å². The molecule has 112 valence electrons. The Kier molecular flexibility index (Phi) is 4.85. The molecule has 1 rings (SSSR count). The molecular formula is C11H10F5NO3. The molecule has 0 saturated heterocycles. The minimum Gasteiger partial charge on any atom is -0.505 e. The molecule has 1 aromatic rings. The summed E-state index contributed by atoms with van der Waals surface area (Å²) in [5.41, 5.74) is -4.00. The third-order valence-corrected chi connectivity index (χ3v) is 2.29. The average Bonchev–Trinajstić information content (AvgIpc) is 2.29. The van der Waals surface area contributed by atoms with Gasteiger partial charge in [-0.2, -0.15) is 13.2 Å². The number of carbonyl (C=O) groups excluding carboxylic acids is 1. The number of halogens is 5. The highest BCUT2D eigenvalue weighted by molar-refractivity contribution is 5.73. The van der Waals surface area contributed by atoms with Crippen LogP contribution >= 0.6 is 0 Å². The molecule has 1 heterocycles. The molecule has 20 heavy (non-hydrogen) atoms. The van der Waals surface area contributed by atoms with E-state index >= 15 is 0 Å². The second kappa shape index (κ2) is 6.02. The predicted molar refractivity (Wildman–Crippen MR) is 56.2 cm³/mol. The lowest BCUT2D eigenvalue weighted by Crippen LogP contribution is -2.15.